The molecule has 7 heteroatoms. The highest BCUT2D eigenvalue weighted by Gasteiger charge is 2.25. The van der Waals surface area contributed by atoms with Gasteiger partial charge in [-0.2, -0.15) is 0 Å². The number of H-pyrrole nitrogens is 1. The fourth-order valence-electron chi connectivity index (χ4n) is 4.98. The summed E-state index contributed by atoms with van der Waals surface area (Å²) in [7, 11) is 1.46. The second-order valence-corrected chi connectivity index (χ2v) is 9.32. The fourth-order valence-corrected chi connectivity index (χ4v) is 4.98. The maximum absolute atomic E-state index is 15.3. The van der Waals surface area contributed by atoms with E-state index in [0.717, 1.165) is 24.1 Å². The number of para-hydroxylation sites is 1. The lowest BCUT2D eigenvalue weighted by molar-refractivity contribution is 0.176. The number of pyridine rings is 1. The average molecular weight is 475 g/mol. The molecule has 2 heterocycles. The number of hydrogen-bond acceptors (Lipinski definition) is 5. The van der Waals surface area contributed by atoms with Crippen molar-refractivity contribution in [1.29, 1.82) is 0 Å². The highest BCUT2D eigenvalue weighted by molar-refractivity contribution is 5.86. The number of ether oxygens (including phenoxy) is 1. The first-order chi connectivity index (χ1) is 17.0. The standard InChI is InChI=1S/C28H31FN4O2/c1-16(2)18-5-4-6-19-17(15-32-26(18)19)11-13-30-22-8-9-23(28(35-3)25(22)29)33-21-12-14-31-27-20(21)7-10-24(27)34/h4-6,8-9,12,14-16,24,30,32,34H,7,10-11,13H2,1-3H3,(H,31,33). The molecule has 2 aromatic carbocycles. The number of benzene rings is 2. The lowest BCUT2D eigenvalue weighted by Crippen LogP contribution is -2.08. The summed E-state index contributed by atoms with van der Waals surface area (Å²) in [5.41, 5.74) is 7.06. The Labute approximate surface area is 204 Å². The Bertz CT molecular complexity index is 1360. The third-order valence-electron chi connectivity index (χ3n) is 6.81. The monoisotopic (exact) mass is 474 g/mol. The topological polar surface area (TPSA) is 82.2 Å². The molecule has 1 aliphatic rings. The molecule has 0 bridgehead atoms. The van der Waals surface area contributed by atoms with E-state index in [9.17, 15) is 5.11 Å². The number of fused-ring (bicyclic) bond motifs is 2. The molecule has 5 rings (SSSR count). The van der Waals surface area contributed by atoms with Crippen LogP contribution in [0, 0.1) is 5.82 Å². The number of rotatable bonds is 8. The van der Waals surface area contributed by atoms with Gasteiger partial charge in [-0.1, -0.05) is 32.0 Å². The lowest BCUT2D eigenvalue weighted by Gasteiger charge is -2.17. The fraction of sp³-hybridized carbons (Fsp3) is 0.321. The minimum Gasteiger partial charge on any atom is -0.492 e. The minimum atomic E-state index is -0.550. The highest BCUT2D eigenvalue weighted by atomic mass is 19.1. The van der Waals surface area contributed by atoms with E-state index in [1.54, 1.807) is 12.3 Å². The smallest absolute Gasteiger partial charge is 0.190 e. The SMILES string of the molecule is COc1c(Nc2ccnc3c2CCC3O)ccc(NCCc2c[nH]c3c(C(C)C)cccc23)c1F. The Morgan fingerprint density at radius 1 is 1.17 bits per heavy atom. The number of aromatic amines is 1. The van der Waals surface area contributed by atoms with Gasteiger partial charge in [0.05, 0.1) is 30.3 Å². The summed E-state index contributed by atoms with van der Waals surface area (Å²) < 4.78 is 20.8. The molecule has 0 aliphatic heterocycles. The first-order valence-corrected chi connectivity index (χ1v) is 12.1. The molecule has 2 aromatic heterocycles. The largest absolute Gasteiger partial charge is 0.492 e. The summed E-state index contributed by atoms with van der Waals surface area (Å²) in [6.07, 6.45) is 5.28. The number of halogens is 1. The van der Waals surface area contributed by atoms with Crippen molar-refractivity contribution in [2.75, 3.05) is 24.3 Å². The Hall–Kier alpha value is -3.58. The van der Waals surface area contributed by atoms with Crippen molar-refractivity contribution in [2.45, 2.75) is 45.1 Å². The van der Waals surface area contributed by atoms with Crippen LogP contribution in [0.3, 0.4) is 0 Å². The highest BCUT2D eigenvalue weighted by Crippen LogP contribution is 2.39. The van der Waals surface area contributed by atoms with Crippen LogP contribution in [0.4, 0.5) is 21.5 Å². The van der Waals surface area contributed by atoms with Gasteiger partial charge in [0.1, 0.15) is 0 Å². The summed E-state index contributed by atoms with van der Waals surface area (Å²) in [5.74, 6) is 0.146. The summed E-state index contributed by atoms with van der Waals surface area (Å²) >= 11 is 0. The number of methoxy groups -OCH3 is 1. The molecule has 1 atom stereocenters. The van der Waals surface area contributed by atoms with Crippen molar-refractivity contribution in [1.82, 2.24) is 9.97 Å². The molecular weight excluding hydrogens is 443 g/mol. The van der Waals surface area contributed by atoms with Gasteiger partial charge in [-0.3, -0.25) is 4.98 Å². The summed E-state index contributed by atoms with van der Waals surface area (Å²) in [4.78, 5) is 7.71. The van der Waals surface area contributed by atoms with Gasteiger partial charge in [0.15, 0.2) is 11.6 Å². The predicted octanol–water partition coefficient (Wildman–Crippen LogP) is 6.21. The number of nitrogens with zero attached hydrogens (tertiary/aromatic N) is 1. The molecular formula is C28H31FN4O2. The molecule has 0 spiro atoms. The zero-order chi connectivity index (χ0) is 24.5. The van der Waals surface area contributed by atoms with Crippen LogP contribution >= 0.6 is 0 Å². The first-order valence-electron chi connectivity index (χ1n) is 12.1. The third kappa shape index (κ3) is 4.32. The maximum Gasteiger partial charge on any atom is 0.190 e. The maximum atomic E-state index is 15.3. The van der Waals surface area contributed by atoms with E-state index in [-0.39, 0.29) is 5.75 Å². The minimum absolute atomic E-state index is 0.146. The Morgan fingerprint density at radius 2 is 2.00 bits per heavy atom. The molecule has 0 fully saturated rings. The van der Waals surface area contributed by atoms with Crippen LogP contribution in [-0.2, 0) is 12.8 Å². The number of nitrogens with one attached hydrogen (secondary N) is 3. The average Bonchev–Trinajstić information content (AvgIpc) is 3.45. The van der Waals surface area contributed by atoms with Gasteiger partial charge >= 0.3 is 0 Å². The third-order valence-corrected chi connectivity index (χ3v) is 6.81. The van der Waals surface area contributed by atoms with Crippen LogP contribution in [0.5, 0.6) is 5.75 Å². The van der Waals surface area contributed by atoms with Crippen LogP contribution in [0.25, 0.3) is 10.9 Å². The van der Waals surface area contributed by atoms with Gasteiger partial charge in [-0.25, -0.2) is 4.39 Å². The quantitative estimate of drug-likeness (QED) is 0.244. The molecule has 1 aliphatic carbocycles. The van der Waals surface area contributed by atoms with Gasteiger partial charge in [-0.15, -0.1) is 0 Å². The molecule has 35 heavy (non-hydrogen) atoms. The van der Waals surface area contributed by atoms with Gasteiger partial charge in [-0.05, 0) is 60.1 Å². The normalized spacial score (nSPS) is 15.0. The molecule has 6 nitrogen and oxygen atoms in total. The molecule has 1 unspecified atom stereocenters. The molecule has 0 radical (unpaired) electrons. The zero-order valence-electron chi connectivity index (χ0n) is 20.3. The number of aliphatic hydroxyl groups is 1. The molecule has 182 valence electrons. The van der Waals surface area contributed by atoms with Crippen molar-refractivity contribution in [2.24, 2.45) is 0 Å². The van der Waals surface area contributed by atoms with E-state index in [4.69, 9.17) is 4.74 Å². The van der Waals surface area contributed by atoms with Crippen LogP contribution in [-0.4, -0.2) is 28.7 Å². The van der Waals surface area contributed by atoms with Crippen molar-refractivity contribution < 1.29 is 14.2 Å². The number of aliphatic hydroxyl groups excluding tert-OH is 1. The van der Waals surface area contributed by atoms with E-state index >= 15 is 4.39 Å². The van der Waals surface area contributed by atoms with Crippen molar-refractivity contribution in [3.8, 4) is 5.75 Å². The summed E-state index contributed by atoms with van der Waals surface area (Å²) in [6.45, 7) is 4.97. The zero-order valence-corrected chi connectivity index (χ0v) is 20.3. The Kier molecular flexibility index (Phi) is 6.34. The first kappa shape index (κ1) is 23.2. The van der Waals surface area contributed by atoms with Crippen LogP contribution in [0.1, 0.15) is 54.7 Å². The molecule has 0 saturated carbocycles. The summed E-state index contributed by atoms with van der Waals surface area (Å²) in [5, 5.41) is 17.8. The van der Waals surface area contributed by atoms with Gasteiger partial charge in [0.2, 0.25) is 0 Å². The van der Waals surface area contributed by atoms with Crippen LogP contribution in [0.2, 0.25) is 0 Å². The van der Waals surface area contributed by atoms with E-state index < -0.39 is 11.9 Å². The second-order valence-electron chi connectivity index (χ2n) is 9.32. The molecule has 4 aromatic rings. The van der Waals surface area contributed by atoms with E-state index in [1.807, 2.05) is 18.3 Å². The number of aromatic nitrogens is 2. The predicted molar refractivity (Wildman–Crippen MR) is 138 cm³/mol. The Balaban J connectivity index is 1.32. The van der Waals surface area contributed by atoms with E-state index in [2.05, 4.69) is 52.6 Å². The van der Waals surface area contributed by atoms with E-state index in [0.29, 0.717) is 36.0 Å². The van der Waals surface area contributed by atoms with Gasteiger partial charge < -0.3 is 25.5 Å². The van der Waals surface area contributed by atoms with Crippen molar-refractivity contribution in [3.63, 3.8) is 0 Å². The van der Waals surface area contributed by atoms with Crippen molar-refractivity contribution in [3.05, 3.63) is 77.0 Å². The van der Waals surface area contributed by atoms with Crippen molar-refractivity contribution >= 4 is 28.0 Å². The van der Waals surface area contributed by atoms with Gasteiger partial charge in [0.25, 0.3) is 0 Å². The van der Waals surface area contributed by atoms with Gasteiger partial charge in [0, 0.05) is 35.5 Å². The molecule has 0 saturated heterocycles. The Morgan fingerprint density at radius 3 is 2.80 bits per heavy atom. The number of hydrogen-bond donors (Lipinski definition) is 4. The second kappa shape index (κ2) is 9.58. The lowest BCUT2D eigenvalue weighted by atomic mass is 9.99. The molecule has 4 N–H and O–H groups in total. The number of anilines is 3. The van der Waals surface area contributed by atoms with Crippen LogP contribution in [0.15, 0.2) is 48.8 Å². The van der Waals surface area contributed by atoms with E-state index in [1.165, 1.54) is 29.1 Å². The summed E-state index contributed by atoms with van der Waals surface area (Å²) in [6, 6.07) is 11.8. The van der Waals surface area contributed by atoms with Crippen LogP contribution < -0.4 is 15.4 Å². The molecule has 0 amide bonds.